The minimum atomic E-state index is -0.517. The van der Waals surface area contributed by atoms with Crippen molar-refractivity contribution in [3.8, 4) is 0 Å². The summed E-state index contributed by atoms with van der Waals surface area (Å²) in [4.78, 5) is 15.7. The van der Waals surface area contributed by atoms with Crippen LogP contribution in [0.15, 0.2) is 85.3 Å². The molecule has 0 saturated carbocycles. The maximum Gasteiger partial charge on any atom is 0.268 e. The average molecular weight is 428 g/mol. The first-order chi connectivity index (χ1) is 15.6. The first kappa shape index (κ1) is 21.8. The van der Waals surface area contributed by atoms with Gasteiger partial charge in [0.15, 0.2) is 0 Å². The minimum Gasteiger partial charge on any atom is -0.372 e. The molecular weight excluding hydrogens is 398 g/mol. The van der Waals surface area contributed by atoms with E-state index in [1.54, 1.807) is 12.5 Å². The van der Waals surface area contributed by atoms with Crippen molar-refractivity contribution in [2.45, 2.75) is 44.9 Å². The molecule has 0 fully saturated rings. The molecule has 0 aliphatic heterocycles. The lowest BCUT2D eigenvalue weighted by atomic mass is 9.97. The molecule has 4 rings (SSSR count). The summed E-state index contributed by atoms with van der Waals surface area (Å²) in [7, 11) is 0. The van der Waals surface area contributed by atoms with Crippen molar-refractivity contribution in [3.63, 3.8) is 0 Å². The molecule has 0 radical (unpaired) electrons. The van der Waals surface area contributed by atoms with Crippen molar-refractivity contribution < 1.29 is 9.53 Å². The fourth-order valence-electron chi connectivity index (χ4n) is 4.20. The molecule has 1 heterocycles. The molecule has 0 aliphatic rings. The SMILES string of the molecule is C[C@H](OCc1ccccc1)[C@@H](CCCc1cccc2ccccc12)n1cnc(C(N)=O)c1. The van der Waals surface area contributed by atoms with Crippen molar-refractivity contribution in [1.82, 2.24) is 9.55 Å². The van der Waals surface area contributed by atoms with E-state index >= 15 is 0 Å². The molecule has 164 valence electrons. The maximum absolute atomic E-state index is 11.6. The maximum atomic E-state index is 11.6. The zero-order valence-electron chi connectivity index (χ0n) is 18.4. The summed E-state index contributed by atoms with van der Waals surface area (Å²) >= 11 is 0. The van der Waals surface area contributed by atoms with E-state index in [2.05, 4.69) is 66.5 Å². The van der Waals surface area contributed by atoms with Gasteiger partial charge in [0.1, 0.15) is 5.69 Å². The highest BCUT2D eigenvalue weighted by molar-refractivity contribution is 5.90. The van der Waals surface area contributed by atoms with Gasteiger partial charge in [-0.05, 0) is 48.1 Å². The van der Waals surface area contributed by atoms with Gasteiger partial charge in [-0.3, -0.25) is 4.79 Å². The minimum absolute atomic E-state index is 0.0503. The molecule has 4 aromatic rings. The molecule has 0 unspecified atom stereocenters. The van der Waals surface area contributed by atoms with Gasteiger partial charge in [-0.15, -0.1) is 0 Å². The number of carbonyl (C=O) groups is 1. The first-order valence-corrected chi connectivity index (χ1v) is 11.1. The van der Waals surface area contributed by atoms with Crippen molar-refractivity contribution >= 4 is 16.7 Å². The van der Waals surface area contributed by atoms with Crippen LogP contribution < -0.4 is 5.73 Å². The Balaban J connectivity index is 1.47. The van der Waals surface area contributed by atoms with Crippen molar-refractivity contribution in [2.24, 2.45) is 5.73 Å². The molecule has 0 aliphatic carbocycles. The van der Waals surface area contributed by atoms with E-state index in [1.165, 1.54) is 16.3 Å². The number of hydrogen-bond acceptors (Lipinski definition) is 3. The number of nitrogens with two attached hydrogens (primary N) is 1. The Morgan fingerprint density at radius 3 is 2.56 bits per heavy atom. The van der Waals surface area contributed by atoms with E-state index < -0.39 is 5.91 Å². The highest BCUT2D eigenvalue weighted by Crippen LogP contribution is 2.26. The number of nitrogens with zero attached hydrogens (tertiary/aromatic N) is 2. The van der Waals surface area contributed by atoms with Gasteiger partial charge in [0.2, 0.25) is 0 Å². The van der Waals surface area contributed by atoms with Crippen LogP contribution in [-0.4, -0.2) is 21.6 Å². The number of fused-ring (bicyclic) bond motifs is 1. The van der Waals surface area contributed by atoms with Crippen LogP contribution in [0, 0.1) is 0 Å². The van der Waals surface area contributed by atoms with Crippen LogP contribution in [0.25, 0.3) is 10.8 Å². The van der Waals surface area contributed by atoms with Crippen molar-refractivity contribution in [1.29, 1.82) is 0 Å². The van der Waals surface area contributed by atoms with E-state index in [0.29, 0.717) is 6.61 Å². The highest BCUT2D eigenvalue weighted by Gasteiger charge is 2.21. The molecule has 32 heavy (non-hydrogen) atoms. The monoisotopic (exact) mass is 427 g/mol. The van der Waals surface area contributed by atoms with E-state index in [0.717, 1.165) is 24.8 Å². The third-order valence-electron chi connectivity index (χ3n) is 5.96. The second-order valence-electron chi connectivity index (χ2n) is 8.17. The number of benzene rings is 3. The Kier molecular flexibility index (Phi) is 6.97. The number of primary amides is 1. The molecule has 1 amide bonds. The number of rotatable bonds is 10. The third kappa shape index (κ3) is 5.24. The van der Waals surface area contributed by atoms with E-state index in [1.807, 2.05) is 22.8 Å². The van der Waals surface area contributed by atoms with Gasteiger partial charge in [0, 0.05) is 6.20 Å². The van der Waals surface area contributed by atoms with Gasteiger partial charge in [-0.2, -0.15) is 0 Å². The average Bonchev–Trinajstić information content (AvgIpc) is 3.31. The summed E-state index contributed by atoms with van der Waals surface area (Å²) in [5.41, 5.74) is 8.18. The standard InChI is InChI=1S/C27H29N3O2/c1-20(32-18-21-9-3-2-4-10-21)26(30-17-25(27(28)31)29-19-30)16-8-14-23-13-7-12-22-11-5-6-15-24(22)23/h2-7,9-13,15,17,19-20,26H,8,14,16,18H2,1H3,(H2,28,31)/t20-,26+/m0/s1. The molecule has 3 aromatic carbocycles. The quantitative estimate of drug-likeness (QED) is 0.373. The Labute approximate surface area is 188 Å². The fourth-order valence-corrected chi connectivity index (χ4v) is 4.20. The number of ether oxygens (including phenoxy) is 1. The zero-order chi connectivity index (χ0) is 22.3. The van der Waals surface area contributed by atoms with Crippen molar-refractivity contribution in [3.05, 3.63) is 102 Å². The summed E-state index contributed by atoms with van der Waals surface area (Å²) in [6.45, 7) is 2.62. The van der Waals surface area contributed by atoms with Gasteiger partial charge in [-0.1, -0.05) is 72.8 Å². The summed E-state index contributed by atoms with van der Waals surface area (Å²) in [5.74, 6) is -0.517. The van der Waals surface area contributed by atoms with Crippen LogP contribution in [0.5, 0.6) is 0 Å². The topological polar surface area (TPSA) is 70.1 Å². The van der Waals surface area contributed by atoms with Crippen LogP contribution in [0.4, 0.5) is 0 Å². The number of aromatic nitrogens is 2. The normalized spacial score (nSPS) is 13.2. The molecule has 0 saturated heterocycles. The van der Waals surface area contributed by atoms with Gasteiger partial charge >= 0.3 is 0 Å². The molecule has 2 N–H and O–H groups in total. The Morgan fingerprint density at radius 2 is 1.78 bits per heavy atom. The summed E-state index contributed by atoms with van der Waals surface area (Å²) in [6, 6.07) is 25.2. The number of carbonyl (C=O) groups excluding carboxylic acids is 1. The second-order valence-corrected chi connectivity index (χ2v) is 8.17. The van der Waals surface area contributed by atoms with Crippen LogP contribution in [0.3, 0.4) is 0 Å². The number of aryl methyl sites for hydroxylation is 1. The number of imidazole rings is 1. The largest absolute Gasteiger partial charge is 0.372 e. The molecule has 0 spiro atoms. The van der Waals surface area contributed by atoms with Crippen molar-refractivity contribution in [2.75, 3.05) is 0 Å². The Bertz CT molecular complexity index is 1160. The molecule has 1 aromatic heterocycles. The third-order valence-corrected chi connectivity index (χ3v) is 5.96. The lowest BCUT2D eigenvalue weighted by Crippen LogP contribution is -2.24. The van der Waals surface area contributed by atoms with Crippen LogP contribution >= 0.6 is 0 Å². The summed E-state index contributed by atoms with van der Waals surface area (Å²) < 4.78 is 8.19. The number of hydrogen-bond donors (Lipinski definition) is 1. The van der Waals surface area contributed by atoms with Gasteiger partial charge in [0.25, 0.3) is 5.91 Å². The van der Waals surface area contributed by atoms with Crippen LogP contribution in [-0.2, 0) is 17.8 Å². The van der Waals surface area contributed by atoms with E-state index in [9.17, 15) is 4.79 Å². The molecule has 5 heteroatoms. The van der Waals surface area contributed by atoms with Crippen LogP contribution in [0.2, 0.25) is 0 Å². The molecule has 2 atom stereocenters. The Morgan fingerprint density at radius 1 is 1.03 bits per heavy atom. The van der Waals surface area contributed by atoms with Gasteiger partial charge in [-0.25, -0.2) is 4.98 Å². The fraction of sp³-hybridized carbons (Fsp3) is 0.259. The van der Waals surface area contributed by atoms with E-state index in [-0.39, 0.29) is 17.8 Å². The zero-order valence-corrected chi connectivity index (χ0v) is 18.4. The molecule has 5 nitrogen and oxygen atoms in total. The number of amides is 1. The van der Waals surface area contributed by atoms with Gasteiger partial charge in [0.05, 0.1) is 25.1 Å². The second kappa shape index (κ2) is 10.2. The Hall–Kier alpha value is -3.44. The predicted octanol–water partition coefficient (Wildman–Crippen LogP) is 5.30. The molecular formula is C27H29N3O2. The van der Waals surface area contributed by atoms with Crippen LogP contribution in [0.1, 0.15) is 47.4 Å². The summed E-state index contributed by atoms with van der Waals surface area (Å²) in [5, 5.41) is 2.57. The first-order valence-electron chi connectivity index (χ1n) is 11.1. The summed E-state index contributed by atoms with van der Waals surface area (Å²) in [6.07, 6.45) is 6.21. The molecule has 0 bridgehead atoms. The lowest BCUT2D eigenvalue weighted by Gasteiger charge is -2.26. The van der Waals surface area contributed by atoms with E-state index in [4.69, 9.17) is 10.5 Å². The highest BCUT2D eigenvalue weighted by atomic mass is 16.5. The smallest absolute Gasteiger partial charge is 0.268 e. The predicted molar refractivity (Wildman–Crippen MR) is 127 cm³/mol. The lowest BCUT2D eigenvalue weighted by molar-refractivity contribution is 0.0142. The van der Waals surface area contributed by atoms with Gasteiger partial charge < -0.3 is 15.0 Å².